The van der Waals surface area contributed by atoms with Crippen LogP contribution in [-0.4, -0.2) is 60.0 Å². The molecule has 1 amide bonds. The Kier molecular flexibility index (Phi) is 6.37. The van der Waals surface area contributed by atoms with Gasteiger partial charge in [-0.1, -0.05) is 0 Å². The van der Waals surface area contributed by atoms with Gasteiger partial charge in [0.25, 0.3) is 0 Å². The number of halogens is 2. The van der Waals surface area contributed by atoms with Gasteiger partial charge in [-0.2, -0.15) is 5.10 Å². The molecule has 10 heteroatoms. The van der Waals surface area contributed by atoms with E-state index in [2.05, 4.69) is 20.6 Å². The molecule has 3 aliphatic heterocycles. The number of benzene rings is 1. The molecule has 1 saturated heterocycles. The molecule has 0 N–H and O–H groups in total. The summed E-state index contributed by atoms with van der Waals surface area (Å²) in [5, 5.41) is 5.07. The predicted octanol–water partition coefficient (Wildman–Crippen LogP) is 3.84. The van der Waals surface area contributed by atoms with E-state index in [1.165, 1.54) is 13.2 Å². The number of fused-ring (bicyclic) bond motifs is 2. The van der Waals surface area contributed by atoms with Crippen LogP contribution in [0.25, 0.3) is 0 Å². The summed E-state index contributed by atoms with van der Waals surface area (Å²) in [7, 11) is 1.37. The van der Waals surface area contributed by atoms with Crippen LogP contribution in [0.15, 0.2) is 16.6 Å². The van der Waals surface area contributed by atoms with E-state index in [4.69, 9.17) is 14.6 Å². The average molecular weight is 535 g/mol. The molecule has 1 aromatic carbocycles. The summed E-state index contributed by atoms with van der Waals surface area (Å²) in [6.45, 7) is 4.58. The molecule has 4 heterocycles. The second kappa shape index (κ2) is 9.30. The van der Waals surface area contributed by atoms with E-state index in [9.17, 15) is 14.0 Å². The maximum Gasteiger partial charge on any atom is 0.313 e. The quantitative estimate of drug-likeness (QED) is 0.557. The number of hydrogen-bond acceptors (Lipinski definition) is 6. The summed E-state index contributed by atoms with van der Waals surface area (Å²) >= 11 is 3.27. The number of carbonyl (C=O) groups is 2. The Hall–Kier alpha value is -2.46. The fourth-order valence-corrected chi connectivity index (χ4v) is 5.71. The third kappa shape index (κ3) is 4.00. The van der Waals surface area contributed by atoms with Crippen LogP contribution in [0.4, 0.5) is 15.9 Å². The third-order valence-corrected chi connectivity index (χ3v) is 7.77. The van der Waals surface area contributed by atoms with Crippen LogP contribution in [0, 0.1) is 5.82 Å². The molecule has 0 bridgehead atoms. The highest BCUT2D eigenvalue weighted by Gasteiger charge is 2.37. The topological polar surface area (TPSA) is 76.9 Å². The molecule has 3 aliphatic rings. The molecule has 2 aromatic rings. The molecule has 1 fully saturated rings. The summed E-state index contributed by atoms with van der Waals surface area (Å²) in [6.07, 6.45) is 3.01. The van der Waals surface area contributed by atoms with E-state index in [1.54, 1.807) is 13.0 Å². The number of nitrogens with zero attached hydrogens (tertiary/aromatic N) is 4. The number of hydrogen-bond donors (Lipinski definition) is 0. The molecule has 0 radical (unpaired) electrons. The fraction of sp³-hybridized carbons (Fsp3) is 0.542. The van der Waals surface area contributed by atoms with E-state index in [0.717, 1.165) is 36.3 Å². The van der Waals surface area contributed by atoms with Crippen molar-refractivity contribution in [2.75, 3.05) is 38.3 Å². The van der Waals surface area contributed by atoms with Gasteiger partial charge in [0.05, 0.1) is 30.1 Å². The van der Waals surface area contributed by atoms with Crippen molar-refractivity contribution in [3.8, 4) is 0 Å². The number of amides is 1. The van der Waals surface area contributed by atoms with E-state index in [-0.39, 0.29) is 17.9 Å². The minimum absolute atomic E-state index is 0.0233. The molecule has 8 nitrogen and oxygen atoms in total. The zero-order valence-corrected chi connectivity index (χ0v) is 20.9. The van der Waals surface area contributed by atoms with Gasteiger partial charge in [0.1, 0.15) is 5.82 Å². The zero-order chi connectivity index (χ0) is 24.0. The Bertz CT molecular complexity index is 1130. The summed E-state index contributed by atoms with van der Waals surface area (Å²) in [4.78, 5) is 28.5. The van der Waals surface area contributed by atoms with Crippen LogP contribution >= 0.6 is 15.9 Å². The highest BCUT2D eigenvalue weighted by atomic mass is 79.9. The molecule has 5 rings (SSSR count). The summed E-state index contributed by atoms with van der Waals surface area (Å²) < 4.78 is 27.7. The van der Waals surface area contributed by atoms with Crippen molar-refractivity contribution >= 4 is 39.3 Å². The van der Waals surface area contributed by atoms with Crippen molar-refractivity contribution in [1.29, 1.82) is 0 Å². The number of carbonyl (C=O) groups excluding carboxylic acids is 2. The van der Waals surface area contributed by atoms with Gasteiger partial charge in [0.2, 0.25) is 5.91 Å². The third-order valence-electron chi connectivity index (χ3n) is 7.17. The Morgan fingerprint density at radius 2 is 1.97 bits per heavy atom. The van der Waals surface area contributed by atoms with Gasteiger partial charge in [0, 0.05) is 56.6 Å². The lowest BCUT2D eigenvalue weighted by Gasteiger charge is -2.35. The van der Waals surface area contributed by atoms with Crippen LogP contribution in [0.2, 0.25) is 0 Å². The number of aromatic nitrogens is 2. The molecule has 34 heavy (non-hydrogen) atoms. The van der Waals surface area contributed by atoms with Gasteiger partial charge >= 0.3 is 5.97 Å². The van der Waals surface area contributed by atoms with E-state index < -0.39 is 11.7 Å². The van der Waals surface area contributed by atoms with Crippen LogP contribution in [0.5, 0.6) is 0 Å². The van der Waals surface area contributed by atoms with Crippen LogP contribution < -0.4 is 4.90 Å². The molecule has 182 valence electrons. The molecule has 1 unspecified atom stereocenters. The lowest BCUT2D eigenvalue weighted by molar-refractivity contribution is -0.142. The van der Waals surface area contributed by atoms with Gasteiger partial charge in [-0.3, -0.25) is 14.3 Å². The second-order valence-electron chi connectivity index (χ2n) is 9.07. The molecular weight excluding hydrogens is 507 g/mol. The number of methoxy groups -OCH3 is 1. The van der Waals surface area contributed by atoms with Crippen molar-refractivity contribution in [3.63, 3.8) is 0 Å². The first-order valence-electron chi connectivity index (χ1n) is 11.7. The standard InChI is InChI=1S/C24H28BrFN4O4/c1-14(31)28-7-4-21-18(13-28)23(27-30(21)15-5-9-34-10-6-15)29-8-3-16(24(32)33-2)17-11-19(25)20(26)12-22(17)29/h11-12,15-16H,3-10,13H2,1-2H3. The normalized spacial score (nSPS) is 20.6. The number of anilines is 2. The molecule has 1 aromatic heterocycles. The lowest BCUT2D eigenvalue weighted by Crippen LogP contribution is -2.36. The Morgan fingerprint density at radius 1 is 1.21 bits per heavy atom. The van der Waals surface area contributed by atoms with Gasteiger partial charge in [-0.15, -0.1) is 0 Å². The van der Waals surface area contributed by atoms with Crippen molar-refractivity contribution in [2.45, 2.75) is 51.1 Å². The molecule has 0 spiro atoms. The van der Waals surface area contributed by atoms with Gasteiger partial charge in [0.15, 0.2) is 5.82 Å². The first-order chi connectivity index (χ1) is 16.4. The van der Waals surface area contributed by atoms with E-state index >= 15 is 0 Å². The summed E-state index contributed by atoms with van der Waals surface area (Å²) in [5.41, 5.74) is 3.45. The van der Waals surface area contributed by atoms with Gasteiger partial charge in [-0.25, -0.2) is 4.39 Å². The van der Waals surface area contributed by atoms with Crippen molar-refractivity contribution in [3.05, 3.63) is 39.2 Å². The van der Waals surface area contributed by atoms with E-state index in [0.29, 0.717) is 55.0 Å². The molecule has 0 saturated carbocycles. The maximum atomic E-state index is 14.7. The number of rotatable bonds is 3. The first-order valence-corrected chi connectivity index (χ1v) is 12.5. The van der Waals surface area contributed by atoms with E-state index in [1.807, 2.05) is 9.80 Å². The molecule has 0 aliphatic carbocycles. The summed E-state index contributed by atoms with van der Waals surface area (Å²) in [6, 6.07) is 3.36. The Labute approximate surface area is 206 Å². The van der Waals surface area contributed by atoms with Gasteiger partial charge in [-0.05, 0) is 52.9 Å². The Morgan fingerprint density at radius 3 is 2.68 bits per heavy atom. The minimum atomic E-state index is -0.477. The maximum absolute atomic E-state index is 14.7. The van der Waals surface area contributed by atoms with Gasteiger partial charge < -0.3 is 19.3 Å². The number of esters is 1. The zero-order valence-electron chi connectivity index (χ0n) is 19.4. The van der Waals surface area contributed by atoms with Crippen LogP contribution in [0.1, 0.15) is 55.0 Å². The van der Waals surface area contributed by atoms with Crippen molar-refractivity contribution in [2.24, 2.45) is 0 Å². The van der Waals surface area contributed by atoms with Crippen LogP contribution in [0.3, 0.4) is 0 Å². The smallest absolute Gasteiger partial charge is 0.313 e. The first kappa shape index (κ1) is 23.3. The predicted molar refractivity (Wildman–Crippen MR) is 127 cm³/mol. The largest absolute Gasteiger partial charge is 0.469 e. The Balaban J connectivity index is 1.63. The minimum Gasteiger partial charge on any atom is -0.469 e. The SMILES string of the molecule is COC(=O)C1CCN(c2nn(C3CCOCC3)c3c2CN(C(C)=O)CC3)c2cc(F)c(Br)cc21. The van der Waals surface area contributed by atoms with Crippen LogP contribution in [-0.2, 0) is 32.0 Å². The fourth-order valence-electron chi connectivity index (χ4n) is 5.35. The monoisotopic (exact) mass is 534 g/mol. The average Bonchev–Trinajstić information content (AvgIpc) is 3.23. The summed E-state index contributed by atoms with van der Waals surface area (Å²) in [5.74, 6) is -0.460. The highest BCUT2D eigenvalue weighted by Crippen LogP contribution is 2.44. The van der Waals surface area contributed by atoms with Crippen molar-refractivity contribution < 1.29 is 23.5 Å². The molecule has 1 atom stereocenters. The highest BCUT2D eigenvalue weighted by molar-refractivity contribution is 9.10. The molecular formula is C24H28BrFN4O4. The second-order valence-corrected chi connectivity index (χ2v) is 9.92. The van der Waals surface area contributed by atoms with Crippen molar-refractivity contribution in [1.82, 2.24) is 14.7 Å². The number of ether oxygens (including phenoxy) is 2. The lowest BCUT2D eigenvalue weighted by atomic mass is 9.89.